The van der Waals surface area contributed by atoms with E-state index in [0.29, 0.717) is 11.2 Å². The summed E-state index contributed by atoms with van der Waals surface area (Å²) in [5.41, 5.74) is 0. The standard InChI is InChI=1S/C11H19N5O2S2/c1-7(9(5-17)19-2)12-10(18)6-20-11-13-14-15-16(11)8-3-4-8/h7-9,17H,3-6H2,1-2H3,(H,12,18). The van der Waals surface area contributed by atoms with Gasteiger partial charge < -0.3 is 10.4 Å². The number of aliphatic hydroxyl groups excluding tert-OH is 1. The lowest BCUT2D eigenvalue weighted by Gasteiger charge is -2.21. The SMILES string of the molecule is CSC(CO)C(C)NC(=O)CSc1nnnn1C1CC1. The van der Waals surface area contributed by atoms with Crippen molar-refractivity contribution in [1.29, 1.82) is 0 Å². The van der Waals surface area contributed by atoms with Crippen LogP contribution in [0.25, 0.3) is 0 Å². The molecule has 1 aliphatic carbocycles. The Bertz CT molecular complexity index is 448. The third kappa shape index (κ3) is 4.10. The van der Waals surface area contributed by atoms with Crippen LogP contribution in [0.1, 0.15) is 25.8 Å². The van der Waals surface area contributed by atoms with Gasteiger partial charge in [-0.05, 0) is 36.4 Å². The summed E-state index contributed by atoms with van der Waals surface area (Å²) in [4.78, 5) is 11.9. The van der Waals surface area contributed by atoms with Gasteiger partial charge in [-0.3, -0.25) is 4.79 Å². The first kappa shape index (κ1) is 15.6. The van der Waals surface area contributed by atoms with E-state index in [0.717, 1.165) is 12.8 Å². The number of tetrazole rings is 1. The van der Waals surface area contributed by atoms with Gasteiger partial charge in [-0.2, -0.15) is 11.8 Å². The fourth-order valence-electron chi connectivity index (χ4n) is 1.78. The van der Waals surface area contributed by atoms with Crippen LogP contribution in [0.5, 0.6) is 0 Å². The van der Waals surface area contributed by atoms with Crippen molar-refractivity contribution in [1.82, 2.24) is 25.5 Å². The van der Waals surface area contributed by atoms with Crippen molar-refractivity contribution in [3.05, 3.63) is 0 Å². The Morgan fingerprint density at radius 3 is 2.95 bits per heavy atom. The van der Waals surface area contributed by atoms with Gasteiger partial charge in [0.1, 0.15) is 0 Å². The minimum atomic E-state index is -0.0691. The van der Waals surface area contributed by atoms with Crippen LogP contribution in [0.15, 0.2) is 5.16 Å². The molecule has 20 heavy (non-hydrogen) atoms. The Labute approximate surface area is 126 Å². The zero-order valence-corrected chi connectivity index (χ0v) is 13.2. The van der Waals surface area contributed by atoms with Crippen molar-refractivity contribution in [2.24, 2.45) is 0 Å². The Hall–Kier alpha value is -0.800. The molecule has 0 bridgehead atoms. The van der Waals surface area contributed by atoms with E-state index in [1.807, 2.05) is 13.2 Å². The molecule has 0 spiro atoms. The van der Waals surface area contributed by atoms with Crippen LogP contribution in [-0.2, 0) is 4.79 Å². The fourth-order valence-corrected chi connectivity index (χ4v) is 3.17. The van der Waals surface area contributed by atoms with E-state index in [1.54, 1.807) is 16.4 Å². The predicted molar refractivity (Wildman–Crippen MR) is 78.8 cm³/mol. The summed E-state index contributed by atoms with van der Waals surface area (Å²) in [7, 11) is 0. The van der Waals surface area contributed by atoms with Crippen LogP contribution in [-0.4, -0.2) is 61.1 Å². The molecular weight excluding hydrogens is 298 g/mol. The number of hydrogen-bond donors (Lipinski definition) is 2. The van der Waals surface area contributed by atoms with Crippen LogP contribution in [0, 0.1) is 0 Å². The minimum Gasteiger partial charge on any atom is -0.395 e. The van der Waals surface area contributed by atoms with Gasteiger partial charge in [0.15, 0.2) is 0 Å². The van der Waals surface area contributed by atoms with Crippen molar-refractivity contribution >= 4 is 29.4 Å². The summed E-state index contributed by atoms with van der Waals surface area (Å²) in [6.07, 6.45) is 4.13. The zero-order chi connectivity index (χ0) is 14.5. The van der Waals surface area contributed by atoms with Crippen LogP contribution < -0.4 is 5.32 Å². The maximum Gasteiger partial charge on any atom is 0.230 e. The molecule has 2 N–H and O–H groups in total. The quantitative estimate of drug-likeness (QED) is 0.667. The first-order valence-electron chi connectivity index (χ1n) is 6.49. The normalized spacial score (nSPS) is 17.8. The van der Waals surface area contributed by atoms with Gasteiger partial charge in [0.25, 0.3) is 0 Å². The fraction of sp³-hybridized carbons (Fsp3) is 0.818. The average molecular weight is 317 g/mol. The summed E-state index contributed by atoms with van der Waals surface area (Å²) in [6.45, 7) is 1.95. The van der Waals surface area contributed by atoms with Crippen LogP contribution in [0.2, 0.25) is 0 Å². The summed E-state index contributed by atoms with van der Waals surface area (Å²) in [6, 6.07) is 0.340. The van der Waals surface area contributed by atoms with E-state index in [2.05, 4.69) is 20.8 Å². The molecule has 0 aliphatic heterocycles. The number of hydrogen-bond acceptors (Lipinski definition) is 7. The molecule has 1 amide bonds. The van der Waals surface area contributed by atoms with Crippen molar-refractivity contribution in [2.75, 3.05) is 18.6 Å². The molecule has 1 saturated carbocycles. The lowest BCUT2D eigenvalue weighted by molar-refractivity contribution is -0.119. The van der Waals surface area contributed by atoms with Gasteiger partial charge in [0.2, 0.25) is 11.1 Å². The highest BCUT2D eigenvalue weighted by Gasteiger charge is 2.28. The van der Waals surface area contributed by atoms with Crippen molar-refractivity contribution in [2.45, 2.75) is 42.3 Å². The largest absolute Gasteiger partial charge is 0.395 e. The highest BCUT2D eigenvalue weighted by Crippen LogP contribution is 2.36. The average Bonchev–Trinajstić information content (AvgIpc) is 3.16. The number of carbonyl (C=O) groups excluding carboxylic acids is 1. The molecule has 1 fully saturated rings. The van der Waals surface area contributed by atoms with Crippen molar-refractivity contribution < 1.29 is 9.90 Å². The summed E-state index contributed by atoms with van der Waals surface area (Å²) in [5, 5.41) is 24.3. The molecule has 112 valence electrons. The number of nitrogens with one attached hydrogen (secondary N) is 1. The summed E-state index contributed by atoms with van der Waals surface area (Å²) in [5.74, 6) is 0.213. The number of nitrogens with zero attached hydrogens (tertiary/aromatic N) is 4. The van der Waals surface area contributed by atoms with Gasteiger partial charge in [-0.25, -0.2) is 4.68 Å². The second kappa shape index (κ2) is 7.28. The number of carbonyl (C=O) groups is 1. The summed E-state index contributed by atoms with van der Waals surface area (Å²) >= 11 is 2.89. The third-order valence-corrected chi connectivity index (χ3v) is 5.21. The molecule has 1 aromatic rings. The third-order valence-electron chi connectivity index (χ3n) is 3.12. The van der Waals surface area contributed by atoms with Crippen molar-refractivity contribution in [3.8, 4) is 0 Å². The van der Waals surface area contributed by atoms with Gasteiger partial charge in [0, 0.05) is 11.3 Å². The highest BCUT2D eigenvalue weighted by atomic mass is 32.2. The molecule has 0 radical (unpaired) electrons. The lowest BCUT2D eigenvalue weighted by Crippen LogP contribution is -2.42. The Morgan fingerprint density at radius 1 is 1.60 bits per heavy atom. The zero-order valence-electron chi connectivity index (χ0n) is 11.5. The first-order valence-corrected chi connectivity index (χ1v) is 8.76. The van der Waals surface area contributed by atoms with E-state index in [9.17, 15) is 9.90 Å². The number of rotatable bonds is 8. The monoisotopic (exact) mass is 317 g/mol. The van der Waals surface area contributed by atoms with Crippen molar-refractivity contribution in [3.63, 3.8) is 0 Å². The summed E-state index contributed by atoms with van der Waals surface area (Å²) < 4.78 is 1.79. The molecule has 0 saturated heterocycles. The number of aliphatic hydroxyl groups is 1. The molecule has 7 nitrogen and oxygen atoms in total. The maximum atomic E-state index is 11.9. The van der Waals surface area contributed by atoms with Crippen LogP contribution in [0.4, 0.5) is 0 Å². The molecule has 1 heterocycles. The predicted octanol–water partition coefficient (Wildman–Crippen LogP) is 0.329. The van der Waals surface area contributed by atoms with Crippen LogP contribution >= 0.6 is 23.5 Å². The number of aromatic nitrogens is 4. The second-order valence-electron chi connectivity index (χ2n) is 4.74. The topological polar surface area (TPSA) is 92.9 Å². The van der Waals surface area contributed by atoms with E-state index < -0.39 is 0 Å². The molecule has 1 aromatic heterocycles. The Balaban J connectivity index is 1.78. The lowest BCUT2D eigenvalue weighted by atomic mass is 10.2. The molecule has 9 heteroatoms. The van der Waals surface area contributed by atoms with Gasteiger partial charge >= 0.3 is 0 Å². The Kier molecular flexibility index (Phi) is 5.67. The molecular formula is C11H19N5O2S2. The first-order chi connectivity index (χ1) is 9.65. The molecule has 2 rings (SSSR count). The van der Waals surface area contributed by atoms with E-state index in [4.69, 9.17) is 0 Å². The van der Waals surface area contributed by atoms with E-state index in [-0.39, 0.29) is 29.6 Å². The van der Waals surface area contributed by atoms with Gasteiger partial charge in [-0.1, -0.05) is 11.8 Å². The number of amides is 1. The second-order valence-corrected chi connectivity index (χ2v) is 6.76. The van der Waals surface area contributed by atoms with Gasteiger partial charge in [0.05, 0.1) is 18.4 Å². The minimum absolute atomic E-state index is 0.0146. The van der Waals surface area contributed by atoms with E-state index >= 15 is 0 Å². The maximum absolute atomic E-state index is 11.9. The van der Waals surface area contributed by atoms with E-state index in [1.165, 1.54) is 11.8 Å². The highest BCUT2D eigenvalue weighted by molar-refractivity contribution is 7.99. The number of thioether (sulfide) groups is 2. The molecule has 1 aliphatic rings. The Morgan fingerprint density at radius 2 is 2.35 bits per heavy atom. The van der Waals surface area contributed by atoms with Gasteiger partial charge in [-0.15, -0.1) is 5.10 Å². The van der Waals surface area contributed by atoms with Crippen LogP contribution in [0.3, 0.4) is 0 Å². The molecule has 0 aromatic carbocycles. The smallest absolute Gasteiger partial charge is 0.230 e. The molecule has 2 unspecified atom stereocenters. The molecule has 2 atom stereocenters.